The number of aromatic nitrogens is 2. The normalized spacial score (nSPS) is 12.5. The molecule has 0 saturated carbocycles. The second-order valence-electron chi connectivity index (χ2n) is 5.29. The number of nitrogens with zero attached hydrogens (tertiary/aromatic N) is 2. The highest BCUT2D eigenvalue weighted by atomic mass is 19.1. The van der Waals surface area contributed by atoms with Crippen LogP contribution in [0.3, 0.4) is 0 Å². The molecule has 0 bridgehead atoms. The fourth-order valence-corrected chi connectivity index (χ4v) is 1.77. The van der Waals surface area contributed by atoms with Crippen molar-refractivity contribution in [1.82, 2.24) is 15.1 Å². The minimum atomic E-state index is -0.773. The molecule has 0 spiro atoms. The second-order valence-corrected chi connectivity index (χ2v) is 5.29. The predicted molar refractivity (Wildman–Crippen MR) is 76.7 cm³/mol. The zero-order valence-electron chi connectivity index (χ0n) is 12.3. The van der Waals surface area contributed by atoms with Crippen LogP contribution in [0.2, 0.25) is 0 Å². The molecule has 1 atom stereocenters. The van der Waals surface area contributed by atoms with Crippen LogP contribution in [0.4, 0.5) is 8.78 Å². The molecule has 0 radical (unpaired) electrons. The van der Waals surface area contributed by atoms with Crippen molar-refractivity contribution in [3.63, 3.8) is 0 Å². The molecular formula is C15H17F2N3O2. The average molecular weight is 309 g/mol. The zero-order valence-corrected chi connectivity index (χ0v) is 12.3. The molecule has 0 aliphatic carbocycles. The number of benzene rings is 1. The molecule has 118 valence electrons. The molecule has 1 amide bonds. The fourth-order valence-electron chi connectivity index (χ4n) is 1.77. The number of aliphatic hydroxyl groups excluding tert-OH is 1. The van der Waals surface area contributed by atoms with E-state index in [-0.39, 0.29) is 23.7 Å². The molecule has 0 aliphatic rings. The van der Waals surface area contributed by atoms with Crippen LogP contribution >= 0.6 is 0 Å². The first-order valence-corrected chi connectivity index (χ1v) is 6.85. The van der Waals surface area contributed by atoms with Crippen molar-refractivity contribution in [3.05, 3.63) is 47.8 Å². The highest BCUT2D eigenvalue weighted by Crippen LogP contribution is 2.14. The lowest BCUT2D eigenvalue weighted by Crippen LogP contribution is -2.34. The van der Waals surface area contributed by atoms with Crippen LogP contribution in [0.15, 0.2) is 30.6 Å². The third kappa shape index (κ3) is 3.67. The van der Waals surface area contributed by atoms with E-state index in [1.165, 1.54) is 18.5 Å². The van der Waals surface area contributed by atoms with Gasteiger partial charge in [0.25, 0.3) is 5.91 Å². The smallest absolute Gasteiger partial charge is 0.254 e. The maximum atomic E-state index is 13.7. The Balaban J connectivity index is 2.09. The number of amides is 1. The molecule has 1 aromatic carbocycles. The van der Waals surface area contributed by atoms with Gasteiger partial charge < -0.3 is 10.4 Å². The number of nitrogens with one attached hydrogen (secondary N) is 1. The van der Waals surface area contributed by atoms with Crippen LogP contribution < -0.4 is 5.32 Å². The Morgan fingerprint density at radius 1 is 1.41 bits per heavy atom. The molecule has 0 saturated heterocycles. The highest BCUT2D eigenvalue weighted by Gasteiger charge is 2.14. The Morgan fingerprint density at radius 2 is 2.14 bits per heavy atom. The van der Waals surface area contributed by atoms with Crippen LogP contribution in [0, 0.1) is 17.6 Å². The van der Waals surface area contributed by atoms with Gasteiger partial charge in [-0.05, 0) is 18.1 Å². The van der Waals surface area contributed by atoms with E-state index in [0.29, 0.717) is 0 Å². The summed E-state index contributed by atoms with van der Waals surface area (Å²) in [5.74, 6) is -1.86. The van der Waals surface area contributed by atoms with Gasteiger partial charge in [0.05, 0.1) is 17.9 Å². The van der Waals surface area contributed by atoms with Crippen LogP contribution in [0.1, 0.15) is 24.2 Å². The van der Waals surface area contributed by atoms with Crippen molar-refractivity contribution < 1.29 is 18.7 Å². The number of hydrogen-bond acceptors (Lipinski definition) is 3. The van der Waals surface area contributed by atoms with Gasteiger partial charge in [0, 0.05) is 18.8 Å². The van der Waals surface area contributed by atoms with E-state index in [1.54, 1.807) is 0 Å². The molecule has 22 heavy (non-hydrogen) atoms. The van der Waals surface area contributed by atoms with E-state index >= 15 is 0 Å². The molecule has 5 nitrogen and oxygen atoms in total. The van der Waals surface area contributed by atoms with Crippen molar-refractivity contribution in [2.75, 3.05) is 6.54 Å². The molecule has 2 aromatic rings. The van der Waals surface area contributed by atoms with E-state index in [4.69, 9.17) is 0 Å². The summed E-state index contributed by atoms with van der Waals surface area (Å²) in [6.07, 6.45) is 1.97. The quantitative estimate of drug-likeness (QED) is 0.886. The Bertz CT molecular complexity index is 671. The van der Waals surface area contributed by atoms with E-state index in [0.717, 1.165) is 16.8 Å². The first-order chi connectivity index (χ1) is 10.4. The standard InChI is InChI=1S/C15H17F2N3O2/c1-9(2)14(21)7-18-15(22)10-6-19-20(8-10)13-4-3-11(16)5-12(13)17/h3-6,8-9,14,21H,7H2,1-2H3,(H,18,22). The molecule has 0 aliphatic heterocycles. The molecule has 0 fully saturated rings. The van der Waals surface area contributed by atoms with Gasteiger partial charge >= 0.3 is 0 Å². The van der Waals surface area contributed by atoms with Crippen LogP contribution in [-0.4, -0.2) is 33.4 Å². The first-order valence-electron chi connectivity index (χ1n) is 6.85. The SMILES string of the molecule is CC(C)C(O)CNC(=O)c1cnn(-c2ccc(F)cc2F)c1. The third-order valence-corrected chi connectivity index (χ3v) is 3.24. The summed E-state index contributed by atoms with van der Waals surface area (Å²) >= 11 is 0. The molecule has 7 heteroatoms. The summed E-state index contributed by atoms with van der Waals surface area (Å²) in [6, 6.07) is 3.09. The number of hydrogen-bond donors (Lipinski definition) is 2. The largest absolute Gasteiger partial charge is 0.391 e. The maximum Gasteiger partial charge on any atom is 0.254 e. The van der Waals surface area contributed by atoms with E-state index in [1.807, 2.05) is 13.8 Å². The van der Waals surface area contributed by atoms with Crippen molar-refractivity contribution in [2.24, 2.45) is 5.92 Å². The lowest BCUT2D eigenvalue weighted by atomic mass is 10.1. The summed E-state index contributed by atoms with van der Waals surface area (Å²) in [5.41, 5.74) is 0.266. The van der Waals surface area contributed by atoms with Gasteiger partial charge in [0.2, 0.25) is 0 Å². The molecule has 1 aromatic heterocycles. The molecule has 2 N–H and O–H groups in total. The first kappa shape index (κ1) is 16.1. The van der Waals surface area contributed by atoms with Crippen molar-refractivity contribution in [1.29, 1.82) is 0 Å². The number of carbonyl (C=O) groups is 1. The molecule has 2 rings (SSSR count). The molecular weight excluding hydrogens is 292 g/mol. The molecule has 1 unspecified atom stereocenters. The summed E-state index contributed by atoms with van der Waals surface area (Å²) in [5, 5.41) is 16.1. The summed E-state index contributed by atoms with van der Waals surface area (Å²) in [7, 11) is 0. The second kappa shape index (κ2) is 6.65. The van der Waals surface area contributed by atoms with Gasteiger partial charge in [0.15, 0.2) is 5.82 Å². The van der Waals surface area contributed by atoms with Gasteiger partial charge in [-0.1, -0.05) is 13.8 Å². The average Bonchev–Trinajstić information content (AvgIpc) is 2.93. The summed E-state index contributed by atoms with van der Waals surface area (Å²) in [4.78, 5) is 11.9. The van der Waals surface area contributed by atoms with Crippen molar-refractivity contribution in [3.8, 4) is 5.69 Å². The maximum absolute atomic E-state index is 13.7. The number of carbonyl (C=O) groups excluding carboxylic acids is 1. The predicted octanol–water partition coefficient (Wildman–Crippen LogP) is 1.90. The summed E-state index contributed by atoms with van der Waals surface area (Å²) < 4.78 is 27.7. The fraction of sp³-hybridized carbons (Fsp3) is 0.333. The van der Waals surface area contributed by atoms with Crippen molar-refractivity contribution in [2.45, 2.75) is 20.0 Å². The topological polar surface area (TPSA) is 67.2 Å². The van der Waals surface area contributed by atoms with Gasteiger partial charge in [0.1, 0.15) is 11.5 Å². The number of aliphatic hydroxyl groups is 1. The monoisotopic (exact) mass is 309 g/mol. The highest BCUT2D eigenvalue weighted by molar-refractivity contribution is 5.93. The van der Waals surface area contributed by atoms with Gasteiger partial charge in [-0.25, -0.2) is 13.5 Å². The van der Waals surface area contributed by atoms with Crippen molar-refractivity contribution >= 4 is 5.91 Å². The van der Waals surface area contributed by atoms with E-state index in [2.05, 4.69) is 10.4 Å². The van der Waals surface area contributed by atoms with Crippen LogP contribution in [-0.2, 0) is 0 Å². The third-order valence-electron chi connectivity index (χ3n) is 3.24. The van der Waals surface area contributed by atoms with Crippen LogP contribution in [0.25, 0.3) is 5.69 Å². The number of halogens is 2. The summed E-state index contributed by atoms with van der Waals surface area (Å²) in [6.45, 7) is 3.80. The zero-order chi connectivity index (χ0) is 16.3. The Hall–Kier alpha value is -2.28. The minimum absolute atomic E-state index is 0.0244. The van der Waals surface area contributed by atoms with Gasteiger partial charge in [-0.3, -0.25) is 4.79 Å². The van der Waals surface area contributed by atoms with Gasteiger partial charge in [-0.2, -0.15) is 5.10 Å². The Kier molecular flexibility index (Phi) is 4.87. The lowest BCUT2D eigenvalue weighted by molar-refractivity contribution is 0.0871. The number of rotatable bonds is 5. The van der Waals surface area contributed by atoms with Crippen LogP contribution in [0.5, 0.6) is 0 Å². The Labute approximate surface area is 126 Å². The minimum Gasteiger partial charge on any atom is -0.391 e. The lowest BCUT2D eigenvalue weighted by Gasteiger charge is -2.14. The van der Waals surface area contributed by atoms with Gasteiger partial charge in [-0.15, -0.1) is 0 Å². The van der Waals surface area contributed by atoms with E-state index in [9.17, 15) is 18.7 Å². The molecule has 1 heterocycles. The van der Waals surface area contributed by atoms with E-state index < -0.39 is 23.6 Å². The Morgan fingerprint density at radius 3 is 2.77 bits per heavy atom.